The number of nitrogens with one attached hydrogen (secondary N) is 3. The van der Waals surface area contributed by atoms with Crippen LogP contribution in [0.2, 0.25) is 0 Å². The third kappa shape index (κ3) is 6.15. The Bertz CT molecular complexity index is 2370. The zero-order valence-corrected chi connectivity index (χ0v) is 33.1. The summed E-state index contributed by atoms with van der Waals surface area (Å²) in [7, 11) is 0. The minimum Gasteiger partial charge on any atom is -0.445 e. The van der Waals surface area contributed by atoms with Gasteiger partial charge in [-0.2, -0.15) is 0 Å². The zero-order chi connectivity index (χ0) is 38.6. The van der Waals surface area contributed by atoms with Crippen molar-refractivity contribution in [2.24, 2.45) is 5.92 Å². The number of nitrogens with zero attached hydrogens (tertiary/aromatic N) is 4. The Kier molecular flexibility index (Phi) is 9.59. The predicted molar refractivity (Wildman–Crippen MR) is 209 cm³/mol. The third-order valence-electron chi connectivity index (χ3n) is 11.2. The van der Waals surface area contributed by atoms with Crippen LogP contribution in [-0.2, 0) is 53.9 Å². The lowest BCUT2D eigenvalue weighted by atomic mass is 9.72. The third-order valence-corrected chi connectivity index (χ3v) is 13.1. The number of aromatic nitrogens is 3. The molecule has 3 aromatic carbocycles. The van der Waals surface area contributed by atoms with Gasteiger partial charge in [0.25, 0.3) is 5.91 Å². The Hall–Kier alpha value is -5.16. The molecule has 0 unspecified atom stereocenters. The average Bonchev–Trinajstić information content (AvgIpc) is 3.91. The van der Waals surface area contributed by atoms with E-state index in [-0.39, 0.29) is 57.8 Å². The molecular formula is C40H37Br2N7O7. The number of amides is 4. The van der Waals surface area contributed by atoms with Crippen molar-refractivity contribution in [3.05, 3.63) is 150 Å². The first kappa shape index (κ1) is 36.5. The number of benzene rings is 3. The highest BCUT2D eigenvalue weighted by Gasteiger charge is 2.70. The Morgan fingerprint density at radius 1 is 0.821 bits per heavy atom. The maximum Gasteiger partial charge on any atom is 0.407 e. The number of hydrogen-bond acceptors (Lipinski definition) is 7. The fourth-order valence-corrected chi connectivity index (χ4v) is 9.74. The summed E-state index contributed by atoms with van der Waals surface area (Å²) in [4.78, 5) is 58.1. The van der Waals surface area contributed by atoms with Gasteiger partial charge in [0.05, 0.1) is 29.3 Å². The first-order valence-corrected chi connectivity index (χ1v) is 19.8. The lowest BCUT2D eigenvalue weighted by Gasteiger charge is -2.47. The van der Waals surface area contributed by atoms with Crippen LogP contribution in [0.4, 0.5) is 9.59 Å². The van der Waals surface area contributed by atoms with Crippen molar-refractivity contribution < 1.29 is 28.6 Å². The van der Waals surface area contributed by atoms with E-state index in [0.29, 0.717) is 26.2 Å². The van der Waals surface area contributed by atoms with Crippen molar-refractivity contribution in [1.82, 2.24) is 34.6 Å². The molecule has 2 aromatic heterocycles. The Balaban J connectivity index is 1.15. The van der Waals surface area contributed by atoms with Gasteiger partial charge in [0.2, 0.25) is 0 Å². The summed E-state index contributed by atoms with van der Waals surface area (Å²) >= 11 is 7.20. The smallest absolute Gasteiger partial charge is 0.407 e. The van der Waals surface area contributed by atoms with Crippen LogP contribution in [-0.4, -0.2) is 54.9 Å². The summed E-state index contributed by atoms with van der Waals surface area (Å²) in [6.45, 7) is 0.524. The van der Waals surface area contributed by atoms with Gasteiger partial charge in [-0.25, -0.2) is 14.4 Å². The summed E-state index contributed by atoms with van der Waals surface area (Å²) in [6.07, 6.45) is -1.21. The van der Waals surface area contributed by atoms with Gasteiger partial charge in [0, 0.05) is 30.6 Å². The number of ether oxygens (including phenoxy) is 3. The fraction of sp³-hybridized carbons (Fsp3) is 0.300. The summed E-state index contributed by atoms with van der Waals surface area (Å²) in [5.74, 6) is -1.48. The molecule has 0 bridgehead atoms. The van der Waals surface area contributed by atoms with Crippen LogP contribution in [0.5, 0.6) is 0 Å². The topological polar surface area (TPSA) is 150 Å². The molecule has 3 aliphatic heterocycles. The van der Waals surface area contributed by atoms with Crippen LogP contribution in [0.25, 0.3) is 0 Å². The molecule has 5 aromatic rings. The van der Waals surface area contributed by atoms with Crippen molar-refractivity contribution >= 4 is 49.9 Å². The molecule has 16 heteroatoms. The maximum absolute atomic E-state index is 14.7. The van der Waals surface area contributed by atoms with Gasteiger partial charge in [0.15, 0.2) is 11.8 Å². The SMILES string of the molecule is O=C1N[C@H]2n3c(cc(Br)c3Br)C(=O)N3C[C@@H]4[C@@H](NC(=O)OCc5ccccc5)Cc5c(n(COCc6ccccc6)c(=O)n5COCc5ccccc5)[C@H]4[C@]23N1. The normalized spacial score (nSPS) is 23.0. The van der Waals surface area contributed by atoms with E-state index in [2.05, 4.69) is 47.8 Å². The second-order valence-corrected chi connectivity index (χ2v) is 15.9. The quantitative estimate of drug-likeness (QED) is 0.158. The highest BCUT2D eigenvalue weighted by atomic mass is 79.9. The molecule has 3 N–H and O–H groups in total. The number of hydrogen-bond donors (Lipinski definition) is 3. The van der Waals surface area contributed by atoms with Gasteiger partial charge in [-0.1, -0.05) is 91.0 Å². The van der Waals surface area contributed by atoms with Crippen LogP contribution >= 0.6 is 31.9 Å². The molecule has 1 spiro atoms. The molecular weight excluding hydrogens is 850 g/mol. The lowest BCUT2D eigenvalue weighted by Crippen LogP contribution is -2.65. The Morgan fingerprint density at radius 2 is 1.41 bits per heavy atom. The first-order valence-electron chi connectivity index (χ1n) is 18.2. The maximum atomic E-state index is 14.7. The van der Waals surface area contributed by atoms with Crippen molar-refractivity contribution in [3.8, 4) is 0 Å². The average molecular weight is 888 g/mol. The minimum atomic E-state index is -1.39. The molecule has 1 aliphatic carbocycles. The molecule has 5 atom stereocenters. The molecule has 4 aliphatic rings. The van der Waals surface area contributed by atoms with Crippen LogP contribution in [0.1, 0.15) is 50.7 Å². The highest BCUT2D eigenvalue weighted by Crippen LogP contribution is 2.58. The second kappa shape index (κ2) is 14.7. The van der Waals surface area contributed by atoms with Crippen LogP contribution in [0, 0.1) is 5.92 Å². The molecule has 56 heavy (non-hydrogen) atoms. The Labute approximate surface area is 338 Å². The predicted octanol–water partition coefficient (Wildman–Crippen LogP) is 5.55. The molecule has 4 amide bonds. The molecule has 9 rings (SSSR count). The second-order valence-electron chi connectivity index (χ2n) is 14.3. The number of carbonyl (C=O) groups excluding carboxylic acids is 3. The van der Waals surface area contributed by atoms with Crippen molar-refractivity contribution in [2.45, 2.75) is 63.5 Å². The van der Waals surface area contributed by atoms with E-state index in [1.54, 1.807) is 24.7 Å². The van der Waals surface area contributed by atoms with E-state index in [0.717, 1.165) is 16.7 Å². The van der Waals surface area contributed by atoms with Gasteiger partial charge in [-0.15, -0.1) is 0 Å². The standard InChI is InChI=1S/C40H37Br2N7O7/c41-28-16-31-35(50)48-18-27-29(43-38(52)56-21-26-14-8-3-9-15-26)17-30-33(32(27)40(48)36(44-37(51)45-40)49(31)34(28)42)47(23-55-20-25-12-6-2-7-13-25)39(53)46(30)22-54-19-24-10-4-1-5-11-24/h1-16,27,29,32,36H,17-23H2,(H,43,52)(H2,44,45,51)/t27-,29+,32+,36+,40-/m1/s1. The van der Waals surface area contributed by atoms with Gasteiger partial charge < -0.3 is 39.6 Å². The molecule has 5 heterocycles. The largest absolute Gasteiger partial charge is 0.445 e. The number of imidazole rings is 1. The zero-order valence-electron chi connectivity index (χ0n) is 29.9. The van der Waals surface area contributed by atoms with Crippen molar-refractivity contribution in [2.75, 3.05) is 6.54 Å². The van der Waals surface area contributed by atoms with E-state index in [4.69, 9.17) is 14.2 Å². The molecule has 14 nitrogen and oxygen atoms in total. The number of fused-ring (bicyclic) bond motifs is 5. The molecule has 0 saturated carbocycles. The summed E-state index contributed by atoms with van der Waals surface area (Å²) in [5, 5.41) is 9.33. The molecule has 0 radical (unpaired) electrons. The van der Waals surface area contributed by atoms with E-state index in [1.165, 1.54) is 0 Å². The van der Waals surface area contributed by atoms with E-state index < -0.39 is 41.8 Å². The Morgan fingerprint density at radius 3 is 2.04 bits per heavy atom. The molecule has 2 saturated heterocycles. The van der Waals surface area contributed by atoms with E-state index >= 15 is 0 Å². The number of halogens is 2. The fourth-order valence-electron chi connectivity index (χ4n) is 8.82. The molecule has 2 fully saturated rings. The first-order chi connectivity index (χ1) is 27.2. The monoisotopic (exact) mass is 885 g/mol. The summed E-state index contributed by atoms with van der Waals surface area (Å²) in [6, 6.07) is 29.3. The summed E-state index contributed by atoms with van der Waals surface area (Å²) in [5.41, 5.74) is 2.50. The number of carbonyl (C=O) groups is 3. The highest BCUT2D eigenvalue weighted by molar-refractivity contribution is 9.13. The summed E-state index contributed by atoms with van der Waals surface area (Å²) < 4.78 is 24.3. The molecule has 288 valence electrons. The van der Waals surface area contributed by atoms with E-state index in [1.807, 2.05) is 91.0 Å². The van der Waals surface area contributed by atoms with Gasteiger partial charge >= 0.3 is 17.8 Å². The van der Waals surface area contributed by atoms with Gasteiger partial charge in [0.1, 0.15) is 30.4 Å². The van der Waals surface area contributed by atoms with Gasteiger partial charge in [-0.05, 0) is 54.6 Å². The minimum absolute atomic E-state index is 0.0564. The van der Waals surface area contributed by atoms with Crippen LogP contribution in [0.15, 0.2) is 111 Å². The number of urea groups is 1. The number of rotatable bonds is 11. The van der Waals surface area contributed by atoms with Crippen LogP contribution < -0.4 is 21.6 Å². The van der Waals surface area contributed by atoms with Crippen molar-refractivity contribution in [3.63, 3.8) is 0 Å². The van der Waals surface area contributed by atoms with Crippen LogP contribution in [0.3, 0.4) is 0 Å². The lowest BCUT2D eigenvalue weighted by molar-refractivity contribution is 0.0211. The van der Waals surface area contributed by atoms with Gasteiger partial charge in [-0.3, -0.25) is 13.9 Å². The van der Waals surface area contributed by atoms with E-state index in [9.17, 15) is 19.2 Å². The number of alkyl carbamates (subject to hydrolysis) is 1. The van der Waals surface area contributed by atoms with Crippen molar-refractivity contribution in [1.29, 1.82) is 0 Å².